The zero-order chi connectivity index (χ0) is 29.8. The molecule has 0 aromatic heterocycles. The van der Waals surface area contributed by atoms with Gasteiger partial charge in [0.2, 0.25) is 11.8 Å². The van der Waals surface area contributed by atoms with Crippen molar-refractivity contribution in [1.29, 1.82) is 0 Å². The van der Waals surface area contributed by atoms with E-state index in [2.05, 4.69) is 13.0 Å². The number of fused-ring (bicyclic) bond motifs is 3. The summed E-state index contributed by atoms with van der Waals surface area (Å²) >= 11 is 0. The lowest BCUT2D eigenvalue weighted by Crippen LogP contribution is -2.46. The summed E-state index contributed by atoms with van der Waals surface area (Å²) in [6.07, 6.45) is 4.07. The molecule has 3 amide bonds. The van der Waals surface area contributed by atoms with Gasteiger partial charge in [0.25, 0.3) is 0 Å². The molecule has 0 spiro atoms. The number of benzene rings is 2. The quantitative estimate of drug-likeness (QED) is 0.244. The number of carbonyl (C=O) groups is 3. The molecule has 1 aliphatic carbocycles. The molecule has 42 heavy (non-hydrogen) atoms. The van der Waals surface area contributed by atoms with Crippen LogP contribution in [0.1, 0.15) is 44.6 Å². The number of ether oxygens (including phenoxy) is 2. The van der Waals surface area contributed by atoms with Gasteiger partial charge in [-0.15, -0.1) is 0 Å². The Labute approximate surface area is 245 Å². The molecule has 220 valence electrons. The fourth-order valence-corrected chi connectivity index (χ4v) is 6.57. The van der Waals surface area contributed by atoms with Crippen LogP contribution in [-0.4, -0.2) is 59.9 Å². The number of amides is 3. The molecule has 2 aromatic carbocycles. The van der Waals surface area contributed by atoms with Crippen molar-refractivity contribution >= 4 is 31.1 Å². The SMILES string of the molecule is CCC/C(=C\c1ccc(O)cc1)CC[C@H]1OB(O)C[C@H]2C1=C(COc1ccccc1)C[C@H]1C(=O)N(C(=O)OC)C(=O)[C@H]12. The maximum atomic E-state index is 13.5. The molecule has 4 atom stereocenters. The van der Waals surface area contributed by atoms with Gasteiger partial charge in [0.15, 0.2) is 0 Å². The minimum absolute atomic E-state index is 0.140. The lowest BCUT2D eigenvalue weighted by molar-refractivity contribution is -0.137. The maximum absolute atomic E-state index is 13.5. The topological polar surface area (TPSA) is 123 Å². The number of allylic oxidation sites excluding steroid dienone is 1. The zero-order valence-electron chi connectivity index (χ0n) is 23.9. The van der Waals surface area contributed by atoms with Crippen molar-refractivity contribution in [2.45, 2.75) is 51.5 Å². The van der Waals surface area contributed by atoms with Crippen molar-refractivity contribution in [3.8, 4) is 11.5 Å². The fraction of sp³-hybridized carbons (Fsp3) is 0.406. The Bertz CT molecular complexity index is 1370. The first-order valence-corrected chi connectivity index (χ1v) is 14.5. The van der Waals surface area contributed by atoms with Crippen LogP contribution in [0.4, 0.5) is 4.79 Å². The molecule has 0 unspecified atom stereocenters. The third-order valence-corrected chi connectivity index (χ3v) is 8.38. The van der Waals surface area contributed by atoms with Crippen molar-refractivity contribution in [3.05, 3.63) is 76.9 Å². The summed E-state index contributed by atoms with van der Waals surface area (Å²) in [6.45, 7) is 2.31. The summed E-state index contributed by atoms with van der Waals surface area (Å²) in [5, 5.41) is 20.5. The molecule has 2 heterocycles. The van der Waals surface area contributed by atoms with Crippen LogP contribution >= 0.6 is 0 Å². The first-order chi connectivity index (χ1) is 20.3. The van der Waals surface area contributed by atoms with Gasteiger partial charge in [-0.25, -0.2) is 4.79 Å². The van der Waals surface area contributed by atoms with Gasteiger partial charge in [-0.3, -0.25) is 9.59 Å². The van der Waals surface area contributed by atoms with Gasteiger partial charge in [0.05, 0.1) is 25.0 Å². The van der Waals surface area contributed by atoms with Crippen LogP contribution in [-0.2, 0) is 19.0 Å². The Morgan fingerprint density at radius 3 is 2.50 bits per heavy atom. The van der Waals surface area contributed by atoms with E-state index in [-0.39, 0.29) is 25.1 Å². The number of likely N-dealkylation sites (tertiary alicyclic amines) is 1. The van der Waals surface area contributed by atoms with E-state index >= 15 is 0 Å². The number of methoxy groups -OCH3 is 1. The second-order valence-electron chi connectivity index (χ2n) is 11.1. The van der Waals surface area contributed by atoms with E-state index in [0.717, 1.165) is 36.7 Å². The third-order valence-electron chi connectivity index (χ3n) is 8.38. The molecule has 2 fully saturated rings. The number of hydrogen-bond acceptors (Lipinski definition) is 8. The smallest absolute Gasteiger partial charge is 0.455 e. The normalized spacial score (nSPS) is 24.0. The van der Waals surface area contributed by atoms with E-state index in [0.29, 0.717) is 23.5 Å². The molecule has 5 rings (SSSR count). The molecule has 10 heteroatoms. The summed E-state index contributed by atoms with van der Waals surface area (Å²) < 4.78 is 17.0. The second-order valence-corrected chi connectivity index (χ2v) is 11.1. The van der Waals surface area contributed by atoms with Crippen molar-refractivity contribution in [2.24, 2.45) is 17.8 Å². The van der Waals surface area contributed by atoms with Crippen LogP contribution in [0, 0.1) is 17.8 Å². The van der Waals surface area contributed by atoms with E-state index in [1.165, 1.54) is 5.57 Å². The lowest BCUT2D eigenvalue weighted by Gasteiger charge is -2.43. The van der Waals surface area contributed by atoms with Crippen LogP contribution in [0.25, 0.3) is 6.08 Å². The second kappa shape index (κ2) is 13.0. The van der Waals surface area contributed by atoms with Crippen LogP contribution in [0.15, 0.2) is 71.3 Å². The Morgan fingerprint density at radius 2 is 1.81 bits per heavy atom. The predicted octanol–water partition coefficient (Wildman–Crippen LogP) is 5.00. The highest BCUT2D eigenvalue weighted by Crippen LogP contribution is 2.50. The predicted molar refractivity (Wildman–Crippen MR) is 156 cm³/mol. The average Bonchev–Trinajstić information content (AvgIpc) is 3.24. The van der Waals surface area contributed by atoms with Crippen molar-refractivity contribution < 1.29 is 38.6 Å². The number of hydrogen-bond donors (Lipinski definition) is 2. The number of phenols is 1. The summed E-state index contributed by atoms with van der Waals surface area (Å²) in [6, 6.07) is 16.4. The van der Waals surface area contributed by atoms with Crippen LogP contribution in [0.5, 0.6) is 11.5 Å². The number of imide groups is 3. The summed E-state index contributed by atoms with van der Waals surface area (Å²) in [4.78, 5) is 39.8. The van der Waals surface area contributed by atoms with E-state index < -0.39 is 48.9 Å². The molecule has 2 N–H and O–H groups in total. The molecule has 3 aliphatic rings. The summed E-state index contributed by atoms with van der Waals surface area (Å²) in [5.41, 5.74) is 3.91. The van der Waals surface area contributed by atoms with E-state index in [1.54, 1.807) is 12.1 Å². The van der Waals surface area contributed by atoms with Gasteiger partial charge in [-0.05, 0) is 78.9 Å². The van der Waals surface area contributed by atoms with Crippen molar-refractivity contribution in [1.82, 2.24) is 4.90 Å². The summed E-state index contributed by atoms with van der Waals surface area (Å²) in [5.74, 6) is -2.29. The Morgan fingerprint density at radius 1 is 1.07 bits per heavy atom. The number of rotatable bonds is 9. The zero-order valence-corrected chi connectivity index (χ0v) is 23.9. The van der Waals surface area contributed by atoms with E-state index in [4.69, 9.17) is 14.1 Å². The average molecular weight is 573 g/mol. The van der Waals surface area contributed by atoms with E-state index in [1.807, 2.05) is 42.5 Å². The number of nitrogens with zero attached hydrogens (tertiary/aromatic N) is 1. The minimum atomic E-state index is -1.12. The highest BCUT2D eigenvalue weighted by molar-refractivity contribution is 6.43. The molecular weight excluding hydrogens is 537 g/mol. The molecule has 2 saturated heterocycles. The number of carbonyl (C=O) groups excluding carboxylic acids is 3. The van der Waals surface area contributed by atoms with Gasteiger partial charge in [0, 0.05) is 0 Å². The van der Waals surface area contributed by atoms with Gasteiger partial charge < -0.3 is 24.3 Å². The Balaban J connectivity index is 1.47. The van der Waals surface area contributed by atoms with Crippen LogP contribution in [0.2, 0.25) is 6.32 Å². The van der Waals surface area contributed by atoms with Gasteiger partial charge in [-0.1, -0.05) is 55.3 Å². The molecule has 9 nitrogen and oxygen atoms in total. The molecule has 2 aromatic rings. The Kier molecular flexibility index (Phi) is 9.13. The van der Waals surface area contributed by atoms with Gasteiger partial charge >= 0.3 is 13.2 Å². The Hall–Kier alpha value is -3.89. The molecule has 0 bridgehead atoms. The van der Waals surface area contributed by atoms with Gasteiger partial charge in [-0.2, -0.15) is 4.90 Å². The minimum Gasteiger partial charge on any atom is -0.508 e. The third kappa shape index (κ3) is 6.15. The van der Waals surface area contributed by atoms with E-state index in [9.17, 15) is 24.5 Å². The van der Waals surface area contributed by atoms with Crippen LogP contribution in [0.3, 0.4) is 0 Å². The molecular formula is C32H36BNO8. The highest BCUT2D eigenvalue weighted by Gasteiger charge is 2.59. The molecule has 2 aliphatic heterocycles. The number of para-hydroxylation sites is 1. The first kappa shape index (κ1) is 29.6. The van der Waals surface area contributed by atoms with Crippen molar-refractivity contribution in [3.63, 3.8) is 0 Å². The van der Waals surface area contributed by atoms with Crippen LogP contribution < -0.4 is 4.74 Å². The molecule has 0 saturated carbocycles. The largest absolute Gasteiger partial charge is 0.508 e. The van der Waals surface area contributed by atoms with Crippen molar-refractivity contribution in [2.75, 3.05) is 13.7 Å². The summed E-state index contributed by atoms with van der Waals surface area (Å²) in [7, 11) is 0.0196. The standard InChI is InChI=1S/C32H36BNO8/c1-3-7-20(16-21-10-13-23(35)14-11-21)12-15-27-28-22(19-41-24-8-5-4-6-9-24)17-25-29(26(28)18-33(39)42-27)31(37)34(30(25)36)32(38)40-2/h4-6,8-11,13-14,16,25-27,29,35,39H,3,7,12,15,17-19H2,1-2H3/b20-16+/t25-,26+,27-,29-/m1/s1. The highest BCUT2D eigenvalue weighted by atomic mass is 16.5. The molecule has 0 radical (unpaired) electrons. The fourth-order valence-electron chi connectivity index (χ4n) is 6.57. The monoisotopic (exact) mass is 573 g/mol. The first-order valence-electron chi connectivity index (χ1n) is 14.5. The number of phenolic OH excluding ortho intramolecular Hbond substituents is 1. The lowest BCUT2D eigenvalue weighted by atomic mass is 9.58. The maximum Gasteiger partial charge on any atom is 0.455 e. The number of aromatic hydroxyl groups is 1. The van der Waals surface area contributed by atoms with Gasteiger partial charge in [0.1, 0.15) is 18.1 Å².